The number of halogens is 1. The van der Waals surface area contributed by atoms with Crippen LogP contribution in [0.1, 0.15) is 0 Å². The molecular formula is C20H15ClN4O2S. The molecular weight excluding hydrogens is 396 g/mol. The molecule has 0 bridgehead atoms. The topological polar surface area (TPSA) is 84.0 Å². The van der Waals surface area contributed by atoms with Gasteiger partial charge in [-0.25, -0.2) is 18.4 Å². The van der Waals surface area contributed by atoms with Gasteiger partial charge in [-0.1, -0.05) is 48.0 Å². The molecule has 6 nitrogen and oxygen atoms in total. The molecule has 0 radical (unpaired) electrons. The Balaban J connectivity index is 1.79. The van der Waals surface area contributed by atoms with Crippen LogP contribution in [0.4, 0.5) is 17.3 Å². The van der Waals surface area contributed by atoms with Crippen LogP contribution in [0.3, 0.4) is 0 Å². The van der Waals surface area contributed by atoms with Crippen LogP contribution in [-0.2, 0) is 10.0 Å². The normalized spacial score (nSPS) is 11.3. The van der Waals surface area contributed by atoms with Crippen LogP contribution in [0.15, 0.2) is 83.8 Å². The highest BCUT2D eigenvalue weighted by molar-refractivity contribution is 7.92. The molecule has 0 aliphatic heterocycles. The van der Waals surface area contributed by atoms with Crippen molar-refractivity contribution in [1.29, 1.82) is 0 Å². The summed E-state index contributed by atoms with van der Waals surface area (Å²) in [5.74, 6) is 0.401. The van der Waals surface area contributed by atoms with Crippen molar-refractivity contribution < 1.29 is 8.42 Å². The number of hydrogen-bond donors (Lipinski definition) is 2. The van der Waals surface area contributed by atoms with Crippen LogP contribution < -0.4 is 10.0 Å². The summed E-state index contributed by atoms with van der Waals surface area (Å²) in [5.41, 5.74) is 1.98. The quantitative estimate of drug-likeness (QED) is 0.492. The number of nitrogens with one attached hydrogen (secondary N) is 2. The number of sulfonamides is 1. The Kier molecular flexibility index (Phi) is 4.85. The van der Waals surface area contributed by atoms with Crippen molar-refractivity contribution >= 4 is 50.0 Å². The van der Waals surface area contributed by atoms with Gasteiger partial charge in [-0.3, -0.25) is 4.72 Å². The van der Waals surface area contributed by atoms with E-state index in [4.69, 9.17) is 11.6 Å². The summed E-state index contributed by atoms with van der Waals surface area (Å²) in [4.78, 5) is 9.04. The smallest absolute Gasteiger partial charge is 0.263 e. The van der Waals surface area contributed by atoms with Gasteiger partial charge in [0.05, 0.1) is 15.9 Å². The summed E-state index contributed by atoms with van der Waals surface area (Å²) in [6.07, 6.45) is 0. The molecule has 0 saturated carbocycles. The van der Waals surface area contributed by atoms with E-state index in [1.807, 2.05) is 48.5 Å². The van der Waals surface area contributed by atoms with E-state index in [-0.39, 0.29) is 10.7 Å². The van der Waals surface area contributed by atoms with E-state index in [0.717, 1.165) is 5.69 Å². The monoisotopic (exact) mass is 410 g/mol. The van der Waals surface area contributed by atoms with Gasteiger partial charge in [0.25, 0.3) is 10.0 Å². The second-order valence-electron chi connectivity index (χ2n) is 5.96. The Morgan fingerprint density at radius 1 is 0.750 bits per heavy atom. The van der Waals surface area contributed by atoms with Gasteiger partial charge in [0, 0.05) is 10.7 Å². The third-order valence-corrected chi connectivity index (χ3v) is 5.52. The zero-order valence-electron chi connectivity index (χ0n) is 14.5. The lowest BCUT2D eigenvalue weighted by Crippen LogP contribution is -2.16. The molecule has 140 valence electrons. The summed E-state index contributed by atoms with van der Waals surface area (Å²) < 4.78 is 28.2. The Bertz CT molecular complexity index is 1250. The Hall–Kier alpha value is -3.16. The molecule has 1 heterocycles. The van der Waals surface area contributed by atoms with Crippen LogP contribution in [0.25, 0.3) is 11.0 Å². The zero-order valence-corrected chi connectivity index (χ0v) is 16.1. The van der Waals surface area contributed by atoms with E-state index in [9.17, 15) is 8.42 Å². The summed E-state index contributed by atoms with van der Waals surface area (Å²) in [6.45, 7) is 0. The summed E-state index contributed by atoms with van der Waals surface area (Å²) in [5, 5.41) is 3.45. The van der Waals surface area contributed by atoms with Gasteiger partial charge in [0.2, 0.25) is 0 Å². The number of fused-ring (bicyclic) bond motifs is 1. The van der Waals surface area contributed by atoms with Crippen molar-refractivity contribution in [2.45, 2.75) is 4.90 Å². The molecule has 0 amide bonds. The Labute approximate surface area is 167 Å². The summed E-state index contributed by atoms with van der Waals surface area (Å²) in [6, 6.07) is 22.6. The van der Waals surface area contributed by atoms with Crippen molar-refractivity contribution in [3.63, 3.8) is 0 Å². The number of nitrogens with zero attached hydrogens (tertiary/aromatic N) is 2. The predicted octanol–water partition coefficient (Wildman–Crippen LogP) is 4.83. The van der Waals surface area contributed by atoms with Gasteiger partial charge in [-0.15, -0.1) is 0 Å². The Morgan fingerprint density at radius 3 is 2.07 bits per heavy atom. The molecule has 4 rings (SSSR count). The van der Waals surface area contributed by atoms with E-state index in [1.54, 1.807) is 18.2 Å². The standard InChI is InChI=1S/C20H15ClN4O2S/c21-14-7-6-10-16(13-14)28(26,27)25-20-19(22-15-8-2-1-3-9-15)23-17-11-4-5-12-18(17)24-20/h1-13H,(H,22,23)(H,24,25). The van der Waals surface area contributed by atoms with Crippen LogP contribution in [0.5, 0.6) is 0 Å². The molecule has 28 heavy (non-hydrogen) atoms. The minimum atomic E-state index is -3.90. The average Bonchev–Trinajstić information content (AvgIpc) is 2.69. The van der Waals surface area contributed by atoms with Gasteiger partial charge in [-0.05, 0) is 42.5 Å². The van der Waals surface area contributed by atoms with E-state index >= 15 is 0 Å². The van der Waals surface area contributed by atoms with E-state index in [0.29, 0.717) is 21.9 Å². The van der Waals surface area contributed by atoms with Gasteiger partial charge < -0.3 is 5.32 Å². The molecule has 0 aliphatic carbocycles. The SMILES string of the molecule is O=S(=O)(Nc1nc2ccccc2nc1Nc1ccccc1)c1cccc(Cl)c1. The maximum Gasteiger partial charge on any atom is 0.263 e. The van der Waals surface area contributed by atoms with Gasteiger partial charge in [-0.2, -0.15) is 0 Å². The van der Waals surface area contributed by atoms with E-state index < -0.39 is 10.0 Å². The van der Waals surface area contributed by atoms with Gasteiger partial charge in [0.1, 0.15) is 0 Å². The van der Waals surface area contributed by atoms with Crippen LogP contribution in [0, 0.1) is 0 Å². The zero-order chi connectivity index (χ0) is 19.6. The maximum absolute atomic E-state index is 12.8. The lowest BCUT2D eigenvalue weighted by Gasteiger charge is -2.14. The number of anilines is 3. The maximum atomic E-state index is 12.8. The first-order valence-corrected chi connectivity index (χ1v) is 10.2. The minimum absolute atomic E-state index is 0.0422. The third kappa shape index (κ3) is 3.90. The highest BCUT2D eigenvalue weighted by atomic mass is 35.5. The van der Waals surface area contributed by atoms with E-state index in [1.165, 1.54) is 12.1 Å². The molecule has 8 heteroatoms. The highest BCUT2D eigenvalue weighted by Gasteiger charge is 2.19. The van der Waals surface area contributed by atoms with Gasteiger partial charge >= 0.3 is 0 Å². The van der Waals surface area contributed by atoms with Crippen molar-refractivity contribution in [2.75, 3.05) is 10.0 Å². The molecule has 4 aromatic rings. The minimum Gasteiger partial charge on any atom is -0.337 e. The molecule has 0 atom stereocenters. The lowest BCUT2D eigenvalue weighted by molar-refractivity contribution is 0.601. The van der Waals surface area contributed by atoms with Crippen molar-refractivity contribution in [3.8, 4) is 0 Å². The van der Waals surface area contributed by atoms with Crippen LogP contribution >= 0.6 is 11.6 Å². The van der Waals surface area contributed by atoms with Gasteiger partial charge in [0.15, 0.2) is 11.6 Å². The highest BCUT2D eigenvalue weighted by Crippen LogP contribution is 2.27. The predicted molar refractivity (Wildman–Crippen MR) is 112 cm³/mol. The molecule has 0 spiro atoms. The molecule has 0 saturated heterocycles. The van der Waals surface area contributed by atoms with Crippen LogP contribution in [-0.4, -0.2) is 18.4 Å². The Morgan fingerprint density at radius 2 is 1.39 bits per heavy atom. The van der Waals surface area contributed by atoms with Crippen LogP contribution in [0.2, 0.25) is 5.02 Å². The van der Waals surface area contributed by atoms with Crippen molar-refractivity contribution in [3.05, 3.63) is 83.9 Å². The first-order chi connectivity index (χ1) is 13.5. The number of rotatable bonds is 5. The van der Waals surface area contributed by atoms with Crippen molar-refractivity contribution in [1.82, 2.24) is 9.97 Å². The third-order valence-electron chi connectivity index (χ3n) is 3.94. The van der Waals surface area contributed by atoms with E-state index in [2.05, 4.69) is 20.0 Å². The first kappa shape index (κ1) is 18.2. The molecule has 0 unspecified atom stereocenters. The number of para-hydroxylation sites is 3. The molecule has 1 aromatic heterocycles. The average molecular weight is 411 g/mol. The fourth-order valence-corrected chi connectivity index (χ4v) is 3.95. The number of hydrogen-bond acceptors (Lipinski definition) is 5. The second-order valence-corrected chi connectivity index (χ2v) is 8.08. The largest absolute Gasteiger partial charge is 0.337 e. The second kappa shape index (κ2) is 7.46. The number of benzene rings is 3. The first-order valence-electron chi connectivity index (χ1n) is 8.38. The molecule has 2 N–H and O–H groups in total. The number of aromatic nitrogens is 2. The van der Waals surface area contributed by atoms with Crippen molar-refractivity contribution in [2.24, 2.45) is 0 Å². The fraction of sp³-hybridized carbons (Fsp3) is 0. The molecule has 0 aliphatic rings. The molecule has 0 fully saturated rings. The summed E-state index contributed by atoms with van der Waals surface area (Å²) >= 11 is 5.94. The lowest BCUT2D eigenvalue weighted by atomic mass is 10.3. The fourth-order valence-electron chi connectivity index (χ4n) is 2.64. The molecule has 3 aromatic carbocycles. The summed E-state index contributed by atoms with van der Waals surface area (Å²) in [7, 11) is -3.90.